The maximum absolute atomic E-state index is 13.3. The fourth-order valence-electron chi connectivity index (χ4n) is 4.16. The molecule has 2 atom stereocenters. The molecule has 0 aromatic rings. The van der Waals surface area contributed by atoms with Gasteiger partial charge in [0, 0.05) is 6.54 Å². The monoisotopic (exact) mass is 382 g/mol. The van der Waals surface area contributed by atoms with Crippen molar-refractivity contribution in [1.29, 1.82) is 0 Å². The molecule has 2 aliphatic rings. The second-order valence-corrected chi connectivity index (χ2v) is 9.20. The van der Waals surface area contributed by atoms with Gasteiger partial charge in [-0.15, -0.1) is 0 Å². The van der Waals surface area contributed by atoms with Crippen LogP contribution in [0.1, 0.15) is 66.2 Å². The Bertz CT molecular complexity index is 555. The first-order valence-electron chi connectivity index (χ1n) is 10.1. The average molecular weight is 383 g/mol. The molecule has 0 aromatic heterocycles. The Morgan fingerprint density at radius 3 is 2.37 bits per heavy atom. The molecule has 0 unspecified atom stereocenters. The lowest BCUT2D eigenvalue weighted by Crippen LogP contribution is -2.55. The average Bonchev–Trinajstić information content (AvgIpc) is 2.94. The number of amides is 2. The molecule has 1 aliphatic heterocycles. The lowest BCUT2D eigenvalue weighted by atomic mass is 9.83. The van der Waals surface area contributed by atoms with E-state index in [4.69, 9.17) is 4.74 Å². The Hall–Kier alpha value is -1.79. The summed E-state index contributed by atoms with van der Waals surface area (Å²) in [5, 5.41) is 12.3. The van der Waals surface area contributed by atoms with Crippen LogP contribution in [0.2, 0.25) is 0 Å². The maximum Gasteiger partial charge on any atom is 0.407 e. The highest BCUT2D eigenvalue weighted by Gasteiger charge is 2.47. The number of alkyl carbamates (subject to hydrolysis) is 1. The first-order valence-corrected chi connectivity index (χ1v) is 10.1. The van der Waals surface area contributed by atoms with E-state index in [1.807, 2.05) is 27.7 Å². The smallest absolute Gasteiger partial charge is 0.407 e. The number of nitrogens with zero attached hydrogens (tertiary/aromatic N) is 1. The predicted molar refractivity (Wildman–Crippen MR) is 101 cm³/mol. The lowest BCUT2D eigenvalue weighted by Gasteiger charge is -2.34. The fourth-order valence-corrected chi connectivity index (χ4v) is 4.16. The van der Waals surface area contributed by atoms with Gasteiger partial charge in [0.25, 0.3) is 0 Å². The van der Waals surface area contributed by atoms with Crippen LogP contribution < -0.4 is 5.32 Å². The summed E-state index contributed by atoms with van der Waals surface area (Å²) in [5.74, 6) is -1.05. The Kier molecular flexibility index (Phi) is 7.12. The summed E-state index contributed by atoms with van der Waals surface area (Å²) in [6.07, 6.45) is 4.70. The van der Waals surface area contributed by atoms with Crippen LogP contribution in [0.3, 0.4) is 0 Å². The molecule has 0 aromatic carbocycles. The quantitative estimate of drug-likeness (QED) is 0.736. The van der Waals surface area contributed by atoms with Crippen molar-refractivity contribution in [2.24, 2.45) is 17.3 Å². The zero-order chi connectivity index (χ0) is 20.2. The number of rotatable bonds is 6. The van der Waals surface area contributed by atoms with Gasteiger partial charge in [0.15, 0.2) is 0 Å². The van der Waals surface area contributed by atoms with Crippen LogP contribution in [0.25, 0.3) is 0 Å². The summed E-state index contributed by atoms with van der Waals surface area (Å²) in [5.41, 5.74) is -0.256. The standard InChI is InChI=1S/C20H34N2O5/c1-13(2)11-27-19(26)21-16(14-8-6-5-7-9-14)17(23)22-12-20(3,4)10-15(22)18(24)25/h13-16H,5-12H2,1-4H3,(H,21,26)(H,24,25)/t15-,16-/m0/s1. The van der Waals surface area contributed by atoms with Gasteiger partial charge in [-0.2, -0.15) is 0 Å². The van der Waals surface area contributed by atoms with Crippen LogP contribution in [0.5, 0.6) is 0 Å². The summed E-state index contributed by atoms with van der Waals surface area (Å²) in [6, 6.07) is -1.56. The molecule has 2 amide bonds. The van der Waals surface area contributed by atoms with E-state index in [0.717, 1.165) is 32.1 Å². The zero-order valence-corrected chi connectivity index (χ0v) is 17.0. The third-order valence-corrected chi connectivity index (χ3v) is 5.50. The van der Waals surface area contributed by atoms with Gasteiger partial charge in [-0.05, 0) is 36.5 Å². The van der Waals surface area contributed by atoms with Crippen LogP contribution in [-0.2, 0) is 14.3 Å². The van der Waals surface area contributed by atoms with E-state index in [0.29, 0.717) is 13.0 Å². The highest BCUT2D eigenvalue weighted by atomic mass is 16.5. The Morgan fingerprint density at radius 1 is 1.19 bits per heavy atom. The van der Waals surface area contributed by atoms with E-state index in [9.17, 15) is 19.5 Å². The van der Waals surface area contributed by atoms with Crippen molar-refractivity contribution in [2.45, 2.75) is 78.3 Å². The van der Waals surface area contributed by atoms with Crippen molar-refractivity contribution in [3.05, 3.63) is 0 Å². The molecular weight excluding hydrogens is 348 g/mol. The van der Waals surface area contributed by atoms with Gasteiger partial charge in [0.1, 0.15) is 12.1 Å². The van der Waals surface area contributed by atoms with E-state index in [-0.39, 0.29) is 29.8 Å². The lowest BCUT2D eigenvalue weighted by molar-refractivity contribution is -0.149. The second-order valence-electron chi connectivity index (χ2n) is 9.20. The van der Waals surface area contributed by atoms with Crippen molar-refractivity contribution >= 4 is 18.0 Å². The molecule has 27 heavy (non-hydrogen) atoms. The molecule has 0 bridgehead atoms. The first-order chi connectivity index (χ1) is 12.6. The Morgan fingerprint density at radius 2 is 1.81 bits per heavy atom. The summed E-state index contributed by atoms with van der Waals surface area (Å²) in [7, 11) is 0. The minimum absolute atomic E-state index is 0.0241. The van der Waals surface area contributed by atoms with Crippen molar-refractivity contribution in [3.63, 3.8) is 0 Å². The molecule has 7 nitrogen and oxygen atoms in total. The molecular formula is C20H34N2O5. The molecule has 154 valence electrons. The van der Waals surface area contributed by atoms with E-state index in [2.05, 4.69) is 5.32 Å². The van der Waals surface area contributed by atoms with Crippen LogP contribution in [0.4, 0.5) is 4.79 Å². The molecule has 1 aliphatic carbocycles. The SMILES string of the molecule is CC(C)COC(=O)N[C@H](C(=O)N1CC(C)(C)C[C@H]1C(=O)O)C1CCCCC1. The summed E-state index contributed by atoms with van der Waals surface area (Å²) >= 11 is 0. The second kappa shape index (κ2) is 8.93. The van der Waals surface area contributed by atoms with Gasteiger partial charge in [-0.1, -0.05) is 47.0 Å². The zero-order valence-electron chi connectivity index (χ0n) is 17.0. The number of nitrogens with one attached hydrogen (secondary N) is 1. The van der Waals surface area contributed by atoms with Crippen LogP contribution in [-0.4, -0.2) is 53.2 Å². The van der Waals surface area contributed by atoms with Crippen LogP contribution >= 0.6 is 0 Å². The normalized spacial score (nSPS) is 23.9. The number of likely N-dealkylation sites (tertiary alicyclic amines) is 1. The van der Waals surface area contributed by atoms with Gasteiger partial charge in [0.2, 0.25) is 5.91 Å². The number of carbonyl (C=O) groups excluding carboxylic acids is 2. The number of hydrogen-bond acceptors (Lipinski definition) is 4. The molecule has 1 saturated carbocycles. The summed E-state index contributed by atoms with van der Waals surface area (Å²) < 4.78 is 5.22. The van der Waals surface area contributed by atoms with E-state index < -0.39 is 24.1 Å². The topological polar surface area (TPSA) is 95.9 Å². The molecule has 7 heteroatoms. The highest BCUT2D eigenvalue weighted by molar-refractivity contribution is 5.90. The summed E-state index contributed by atoms with van der Waals surface area (Å²) in [4.78, 5) is 38.7. The molecule has 0 radical (unpaired) electrons. The highest BCUT2D eigenvalue weighted by Crippen LogP contribution is 2.36. The Balaban J connectivity index is 2.16. The molecule has 2 N–H and O–H groups in total. The molecule has 0 spiro atoms. The Labute approximate surface area is 161 Å². The summed E-state index contributed by atoms with van der Waals surface area (Å²) in [6.45, 7) is 8.49. The first kappa shape index (κ1) is 21.5. The minimum atomic E-state index is -0.987. The van der Waals surface area contributed by atoms with Crippen LogP contribution in [0, 0.1) is 17.3 Å². The van der Waals surface area contributed by atoms with Crippen molar-refractivity contribution < 1.29 is 24.2 Å². The van der Waals surface area contributed by atoms with E-state index in [1.165, 1.54) is 4.90 Å². The van der Waals surface area contributed by atoms with Gasteiger partial charge < -0.3 is 20.1 Å². The van der Waals surface area contributed by atoms with Gasteiger partial charge in [0.05, 0.1) is 6.61 Å². The van der Waals surface area contributed by atoms with E-state index in [1.54, 1.807) is 0 Å². The largest absolute Gasteiger partial charge is 0.480 e. The van der Waals surface area contributed by atoms with Gasteiger partial charge >= 0.3 is 12.1 Å². The number of carboxylic acid groups (broad SMARTS) is 1. The third kappa shape index (κ3) is 5.84. The minimum Gasteiger partial charge on any atom is -0.480 e. The number of hydrogen-bond donors (Lipinski definition) is 2. The number of ether oxygens (including phenoxy) is 1. The number of aliphatic carboxylic acids is 1. The van der Waals surface area contributed by atoms with E-state index >= 15 is 0 Å². The molecule has 1 heterocycles. The fraction of sp³-hybridized carbons (Fsp3) is 0.850. The predicted octanol–water partition coefficient (Wildman–Crippen LogP) is 3.03. The van der Waals surface area contributed by atoms with Crippen molar-refractivity contribution in [3.8, 4) is 0 Å². The van der Waals surface area contributed by atoms with Crippen molar-refractivity contribution in [2.75, 3.05) is 13.2 Å². The molecule has 1 saturated heterocycles. The number of carbonyl (C=O) groups is 3. The van der Waals surface area contributed by atoms with Crippen LogP contribution in [0.15, 0.2) is 0 Å². The number of carboxylic acids is 1. The third-order valence-electron chi connectivity index (χ3n) is 5.50. The molecule has 2 fully saturated rings. The van der Waals surface area contributed by atoms with Gasteiger partial charge in [-0.25, -0.2) is 9.59 Å². The maximum atomic E-state index is 13.3. The van der Waals surface area contributed by atoms with Gasteiger partial charge in [-0.3, -0.25) is 4.79 Å². The molecule has 2 rings (SSSR count). The van der Waals surface area contributed by atoms with Crippen molar-refractivity contribution in [1.82, 2.24) is 10.2 Å².